The number of hydrogen-bond donors (Lipinski definition) is 2. The zero-order valence-electron chi connectivity index (χ0n) is 12.7. The normalized spacial score (nSPS) is 10.5. The highest BCUT2D eigenvalue weighted by atomic mass is 16.3. The lowest BCUT2D eigenvalue weighted by atomic mass is 10.1. The smallest absolute Gasteiger partial charge is 0.254 e. The van der Waals surface area contributed by atoms with E-state index in [4.69, 9.17) is 5.73 Å². The molecule has 1 aromatic heterocycles. The monoisotopic (exact) mass is 299 g/mol. The van der Waals surface area contributed by atoms with Gasteiger partial charge in [0.05, 0.1) is 0 Å². The average molecular weight is 299 g/mol. The van der Waals surface area contributed by atoms with Crippen LogP contribution in [0.1, 0.15) is 27.9 Å². The van der Waals surface area contributed by atoms with E-state index < -0.39 is 0 Å². The first-order valence-electron chi connectivity index (χ1n) is 7.29. The Morgan fingerprint density at radius 3 is 2.82 bits per heavy atom. The molecule has 2 rings (SSSR count). The number of carbonyl (C=O) groups is 1. The highest BCUT2D eigenvalue weighted by Crippen LogP contribution is 2.19. The van der Waals surface area contributed by atoms with Crippen LogP contribution in [0.3, 0.4) is 0 Å². The van der Waals surface area contributed by atoms with Gasteiger partial charge in [0, 0.05) is 31.0 Å². The molecule has 0 unspecified atom stereocenters. The number of nitrogens with two attached hydrogens (primary N) is 1. The van der Waals surface area contributed by atoms with Crippen LogP contribution in [0, 0.1) is 6.92 Å². The van der Waals surface area contributed by atoms with Gasteiger partial charge in [0.2, 0.25) is 0 Å². The number of carbonyl (C=O) groups excluding carboxylic acids is 1. The molecule has 1 aromatic carbocycles. The molecule has 0 saturated carbocycles. The molecule has 0 fully saturated rings. The maximum atomic E-state index is 12.7. The molecule has 3 N–H and O–H groups in total. The Morgan fingerprint density at radius 2 is 2.18 bits per heavy atom. The molecule has 0 saturated heterocycles. The van der Waals surface area contributed by atoms with Gasteiger partial charge in [-0.2, -0.15) is 0 Å². The lowest BCUT2D eigenvalue weighted by Crippen LogP contribution is -2.32. The second kappa shape index (κ2) is 7.56. The molecular formula is C17H21N3O2. The van der Waals surface area contributed by atoms with Gasteiger partial charge in [-0.1, -0.05) is 12.1 Å². The number of phenols is 1. The third-order valence-corrected chi connectivity index (χ3v) is 3.47. The van der Waals surface area contributed by atoms with Crippen molar-refractivity contribution < 1.29 is 9.90 Å². The van der Waals surface area contributed by atoms with E-state index >= 15 is 0 Å². The van der Waals surface area contributed by atoms with Gasteiger partial charge in [0.1, 0.15) is 5.75 Å². The van der Waals surface area contributed by atoms with Gasteiger partial charge >= 0.3 is 0 Å². The van der Waals surface area contributed by atoms with Gasteiger partial charge in [0.15, 0.2) is 0 Å². The molecule has 0 atom stereocenters. The Kier molecular flexibility index (Phi) is 5.49. The molecule has 116 valence electrons. The van der Waals surface area contributed by atoms with Crippen LogP contribution in [-0.4, -0.2) is 34.0 Å². The molecule has 2 aromatic rings. The Morgan fingerprint density at radius 1 is 1.36 bits per heavy atom. The first-order chi connectivity index (χ1) is 10.6. The second-order valence-electron chi connectivity index (χ2n) is 5.23. The van der Waals surface area contributed by atoms with E-state index in [0.29, 0.717) is 25.2 Å². The zero-order valence-corrected chi connectivity index (χ0v) is 12.7. The molecule has 0 aliphatic carbocycles. The third-order valence-electron chi connectivity index (χ3n) is 3.47. The lowest BCUT2D eigenvalue weighted by molar-refractivity contribution is 0.0741. The van der Waals surface area contributed by atoms with Gasteiger partial charge in [-0.05, 0) is 49.2 Å². The van der Waals surface area contributed by atoms with Crippen molar-refractivity contribution in [3.63, 3.8) is 0 Å². The van der Waals surface area contributed by atoms with Crippen molar-refractivity contribution in [3.05, 3.63) is 59.4 Å². The number of aryl methyl sites for hydroxylation is 1. The lowest BCUT2D eigenvalue weighted by Gasteiger charge is -2.23. The quantitative estimate of drug-likeness (QED) is 0.856. The van der Waals surface area contributed by atoms with Crippen molar-refractivity contribution in [2.45, 2.75) is 19.9 Å². The first kappa shape index (κ1) is 16.0. The largest absolute Gasteiger partial charge is 0.508 e. The third kappa shape index (κ3) is 4.05. The summed E-state index contributed by atoms with van der Waals surface area (Å²) in [6, 6.07) is 8.77. The summed E-state index contributed by atoms with van der Waals surface area (Å²) >= 11 is 0. The predicted octanol–water partition coefficient (Wildman–Crippen LogP) is 2.09. The maximum absolute atomic E-state index is 12.7. The van der Waals surface area contributed by atoms with E-state index in [1.807, 2.05) is 12.1 Å². The van der Waals surface area contributed by atoms with Gasteiger partial charge in [0.25, 0.3) is 5.91 Å². The molecule has 5 nitrogen and oxygen atoms in total. The Bertz CT molecular complexity index is 629. The van der Waals surface area contributed by atoms with E-state index in [1.54, 1.807) is 36.4 Å². The molecule has 0 spiro atoms. The van der Waals surface area contributed by atoms with Crippen molar-refractivity contribution in [2.24, 2.45) is 5.73 Å². The number of nitrogens with zero attached hydrogens (tertiary/aromatic N) is 2. The van der Waals surface area contributed by atoms with E-state index in [9.17, 15) is 9.90 Å². The average Bonchev–Trinajstić information content (AvgIpc) is 2.54. The number of pyridine rings is 1. The van der Waals surface area contributed by atoms with Crippen molar-refractivity contribution in [1.29, 1.82) is 0 Å². The summed E-state index contributed by atoms with van der Waals surface area (Å²) in [6.45, 7) is 3.36. The van der Waals surface area contributed by atoms with E-state index in [1.165, 1.54) is 6.07 Å². The van der Waals surface area contributed by atoms with Crippen LogP contribution in [0.25, 0.3) is 0 Å². The van der Waals surface area contributed by atoms with Crippen LogP contribution in [0.5, 0.6) is 5.75 Å². The highest BCUT2D eigenvalue weighted by Gasteiger charge is 2.16. The van der Waals surface area contributed by atoms with E-state index in [-0.39, 0.29) is 11.7 Å². The standard InChI is InChI=1S/C17H21N3O2/c1-13-5-6-15(10-16(13)21)17(22)20(9-3-7-18)12-14-4-2-8-19-11-14/h2,4-6,8,10-11,21H,3,7,9,12,18H2,1H3. The van der Waals surface area contributed by atoms with E-state index in [0.717, 1.165) is 17.5 Å². The number of aromatic hydroxyl groups is 1. The van der Waals surface area contributed by atoms with Gasteiger partial charge < -0.3 is 15.7 Å². The predicted molar refractivity (Wildman–Crippen MR) is 85.5 cm³/mol. The Labute approximate surface area is 130 Å². The summed E-state index contributed by atoms with van der Waals surface area (Å²) in [7, 11) is 0. The second-order valence-corrected chi connectivity index (χ2v) is 5.23. The van der Waals surface area contributed by atoms with Gasteiger partial charge in [-0.25, -0.2) is 0 Å². The Balaban J connectivity index is 2.19. The summed E-state index contributed by atoms with van der Waals surface area (Å²) in [5, 5.41) is 9.80. The minimum Gasteiger partial charge on any atom is -0.508 e. The number of benzene rings is 1. The number of hydrogen-bond acceptors (Lipinski definition) is 4. The minimum absolute atomic E-state index is 0.118. The molecule has 1 heterocycles. The Hall–Kier alpha value is -2.40. The molecule has 1 amide bonds. The number of rotatable bonds is 6. The van der Waals surface area contributed by atoms with Crippen molar-refractivity contribution in [3.8, 4) is 5.75 Å². The summed E-state index contributed by atoms with van der Waals surface area (Å²) in [4.78, 5) is 18.5. The minimum atomic E-state index is -0.118. The van der Waals surface area contributed by atoms with Crippen LogP contribution < -0.4 is 5.73 Å². The molecule has 0 bridgehead atoms. The van der Waals surface area contributed by atoms with Gasteiger partial charge in [-0.3, -0.25) is 9.78 Å². The van der Waals surface area contributed by atoms with Crippen LogP contribution in [0.2, 0.25) is 0 Å². The molecule has 5 heteroatoms. The molecule has 0 radical (unpaired) electrons. The van der Waals surface area contributed by atoms with Crippen LogP contribution in [-0.2, 0) is 6.54 Å². The molecule has 0 aliphatic heterocycles. The number of phenolic OH excluding ortho intramolecular Hbond substituents is 1. The zero-order chi connectivity index (χ0) is 15.9. The maximum Gasteiger partial charge on any atom is 0.254 e. The molecule has 0 aliphatic rings. The van der Waals surface area contributed by atoms with Crippen LogP contribution in [0.4, 0.5) is 0 Å². The van der Waals surface area contributed by atoms with Crippen LogP contribution in [0.15, 0.2) is 42.7 Å². The van der Waals surface area contributed by atoms with Crippen molar-refractivity contribution in [2.75, 3.05) is 13.1 Å². The van der Waals surface area contributed by atoms with Gasteiger partial charge in [-0.15, -0.1) is 0 Å². The summed E-state index contributed by atoms with van der Waals surface area (Å²) < 4.78 is 0. The van der Waals surface area contributed by atoms with Crippen molar-refractivity contribution in [1.82, 2.24) is 9.88 Å². The highest BCUT2D eigenvalue weighted by molar-refractivity contribution is 5.94. The first-order valence-corrected chi connectivity index (χ1v) is 7.29. The number of amides is 1. The molecular weight excluding hydrogens is 278 g/mol. The SMILES string of the molecule is Cc1ccc(C(=O)N(CCCN)Cc2cccnc2)cc1O. The summed E-state index contributed by atoms with van der Waals surface area (Å²) in [6.07, 6.45) is 4.17. The van der Waals surface area contributed by atoms with E-state index in [2.05, 4.69) is 4.98 Å². The fourth-order valence-electron chi connectivity index (χ4n) is 2.17. The van der Waals surface area contributed by atoms with Crippen LogP contribution >= 0.6 is 0 Å². The fourth-order valence-corrected chi connectivity index (χ4v) is 2.17. The van der Waals surface area contributed by atoms with Crippen molar-refractivity contribution >= 4 is 5.91 Å². The summed E-state index contributed by atoms with van der Waals surface area (Å²) in [5.41, 5.74) is 7.75. The number of aromatic nitrogens is 1. The topological polar surface area (TPSA) is 79.5 Å². The summed E-state index contributed by atoms with van der Waals surface area (Å²) in [5.74, 6) is 0.0126. The molecule has 22 heavy (non-hydrogen) atoms. The fraction of sp³-hybridized carbons (Fsp3) is 0.294.